The smallest absolute Gasteiger partial charge is 0.338 e. The third-order valence-electron chi connectivity index (χ3n) is 6.12. The Kier molecular flexibility index (Phi) is 6.27. The number of carbonyl (C=O) groups is 4. The maximum absolute atomic E-state index is 12.9. The van der Waals surface area contributed by atoms with Gasteiger partial charge in [0.05, 0.1) is 4.88 Å². The average Bonchev–Trinajstić information content (AvgIpc) is 3.42. The van der Waals surface area contributed by atoms with Crippen molar-refractivity contribution in [3.63, 3.8) is 0 Å². The number of thiophene rings is 1. The van der Waals surface area contributed by atoms with Gasteiger partial charge in [0, 0.05) is 19.0 Å². The molecule has 1 aromatic carbocycles. The van der Waals surface area contributed by atoms with Gasteiger partial charge in [-0.25, -0.2) is 4.79 Å². The molecule has 168 valence electrons. The van der Waals surface area contributed by atoms with E-state index in [-0.39, 0.29) is 17.7 Å². The summed E-state index contributed by atoms with van der Waals surface area (Å²) in [7, 11) is 0. The van der Waals surface area contributed by atoms with Gasteiger partial charge >= 0.3 is 6.03 Å². The highest BCUT2D eigenvalue weighted by molar-refractivity contribution is 7.12. The SMILES string of the molecule is C[C@@]1(CCc2ccccc2)NC(=O)N(NC(=O)C2CCN(C(=O)c3cccs3)CC2)C1=O. The molecule has 3 heterocycles. The molecule has 2 N–H and O–H groups in total. The summed E-state index contributed by atoms with van der Waals surface area (Å²) in [4.78, 5) is 53.0. The Morgan fingerprint density at radius 3 is 2.50 bits per heavy atom. The summed E-state index contributed by atoms with van der Waals surface area (Å²) in [6.07, 6.45) is 2.02. The molecule has 2 aliphatic heterocycles. The van der Waals surface area contributed by atoms with E-state index in [2.05, 4.69) is 10.7 Å². The molecule has 0 bridgehead atoms. The third kappa shape index (κ3) is 4.52. The lowest BCUT2D eigenvalue weighted by atomic mass is 9.93. The van der Waals surface area contributed by atoms with Crippen molar-refractivity contribution in [2.24, 2.45) is 5.92 Å². The van der Waals surface area contributed by atoms with Crippen LogP contribution in [-0.2, 0) is 16.0 Å². The Balaban J connectivity index is 1.31. The summed E-state index contributed by atoms with van der Waals surface area (Å²) in [5, 5.41) is 5.38. The maximum Gasteiger partial charge on any atom is 0.344 e. The number of amides is 5. The number of piperidine rings is 1. The summed E-state index contributed by atoms with van der Waals surface area (Å²) in [5.74, 6) is -1.22. The molecule has 32 heavy (non-hydrogen) atoms. The van der Waals surface area contributed by atoms with Crippen molar-refractivity contribution in [2.75, 3.05) is 13.1 Å². The first kappa shape index (κ1) is 22.0. The first-order valence-corrected chi connectivity index (χ1v) is 11.6. The molecule has 0 radical (unpaired) electrons. The number of urea groups is 1. The van der Waals surface area contributed by atoms with Crippen molar-refractivity contribution in [3.8, 4) is 0 Å². The van der Waals surface area contributed by atoms with E-state index in [4.69, 9.17) is 0 Å². The minimum Gasteiger partial charge on any atom is -0.338 e. The van der Waals surface area contributed by atoms with E-state index < -0.39 is 17.5 Å². The molecule has 2 saturated heterocycles. The van der Waals surface area contributed by atoms with Crippen LogP contribution < -0.4 is 10.7 Å². The number of carbonyl (C=O) groups excluding carboxylic acids is 4. The van der Waals surface area contributed by atoms with Crippen LogP contribution >= 0.6 is 11.3 Å². The fourth-order valence-electron chi connectivity index (χ4n) is 4.10. The predicted octanol–water partition coefficient (Wildman–Crippen LogP) is 2.57. The van der Waals surface area contributed by atoms with E-state index >= 15 is 0 Å². The molecule has 0 spiro atoms. The zero-order valence-electron chi connectivity index (χ0n) is 17.9. The quantitative estimate of drug-likeness (QED) is 0.656. The van der Waals surface area contributed by atoms with Crippen molar-refractivity contribution < 1.29 is 19.2 Å². The second-order valence-electron chi connectivity index (χ2n) is 8.41. The zero-order valence-corrected chi connectivity index (χ0v) is 18.7. The number of nitrogens with one attached hydrogen (secondary N) is 2. The lowest BCUT2D eigenvalue weighted by molar-refractivity contribution is -0.141. The molecule has 0 aliphatic carbocycles. The van der Waals surface area contributed by atoms with E-state index in [1.165, 1.54) is 11.3 Å². The molecular formula is C23H26N4O4S. The van der Waals surface area contributed by atoms with Crippen molar-refractivity contribution in [3.05, 3.63) is 58.3 Å². The molecule has 1 atom stereocenters. The maximum atomic E-state index is 12.9. The van der Waals surface area contributed by atoms with Gasteiger partial charge in [-0.15, -0.1) is 11.3 Å². The first-order valence-electron chi connectivity index (χ1n) is 10.7. The number of hydrogen-bond donors (Lipinski definition) is 2. The second-order valence-corrected chi connectivity index (χ2v) is 9.36. The minimum atomic E-state index is -1.07. The number of hydrogen-bond acceptors (Lipinski definition) is 5. The van der Waals surface area contributed by atoms with Gasteiger partial charge in [-0.2, -0.15) is 5.01 Å². The van der Waals surface area contributed by atoms with Gasteiger partial charge in [-0.05, 0) is 49.6 Å². The number of likely N-dealkylation sites (tertiary alicyclic amines) is 1. The second kappa shape index (κ2) is 9.12. The molecule has 2 aromatic rings. The lowest BCUT2D eigenvalue weighted by Gasteiger charge is -2.31. The highest BCUT2D eigenvalue weighted by Crippen LogP contribution is 2.24. The fourth-order valence-corrected chi connectivity index (χ4v) is 4.79. The average molecular weight is 455 g/mol. The number of rotatable bonds is 6. The van der Waals surface area contributed by atoms with Gasteiger partial charge in [0.25, 0.3) is 11.8 Å². The van der Waals surface area contributed by atoms with Crippen molar-refractivity contribution in [1.82, 2.24) is 20.7 Å². The van der Waals surface area contributed by atoms with Crippen LogP contribution in [0.15, 0.2) is 47.8 Å². The van der Waals surface area contributed by atoms with Gasteiger partial charge in [0.1, 0.15) is 5.54 Å². The monoisotopic (exact) mass is 454 g/mol. The molecule has 9 heteroatoms. The molecule has 2 fully saturated rings. The van der Waals surface area contributed by atoms with Gasteiger partial charge in [0.15, 0.2) is 0 Å². The molecule has 5 amide bonds. The first-order chi connectivity index (χ1) is 15.4. The van der Waals surface area contributed by atoms with Crippen LogP contribution in [0.5, 0.6) is 0 Å². The van der Waals surface area contributed by atoms with Crippen LogP contribution in [0.1, 0.15) is 41.4 Å². The summed E-state index contributed by atoms with van der Waals surface area (Å²) < 4.78 is 0. The number of imide groups is 1. The Morgan fingerprint density at radius 2 is 1.84 bits per heavy atom. The third-order valence-corrected chi connectivity index (χ3v) is 6.98. The molecule has 0 unspecified atom stereocenters. The standard InChI is InChI=1S/C23H26N4O4S/c1-23(12-9-16-6-3-2-4-7-16)21(30)27(22(31)24-23)25-19(28)17-10-13-26(14-11-17)20(29)18-8-5-15-32-18/h2-8,15,17H,9-14H2,1H3,(H,24,31)(H,25,28)/t23-/m0/s1. The van der Waals surface area contributed by atoms with Crippen molar-refractivity contribution >= 4 is 35.1 Å². The van der Waals surface area contributed by atoms with Gasteiger partial charge in [0.2, 0.25) is 5.91 Å². The van der Waals surface area contributed by atoms with Gasteiger partial charge in [-0.3, -0.25) is 19.8 Å². The molecule has 4 rings (SSSR count). The van der Waals surface area contributed by atoms with E-state index in [1.807, 2.05) is 41.8 Å². The van der Waals surface area contributed by atoms with Gasteiger partial charge < -0.3 is 10.2 Å². The summed E-state index contributed by atoms with van der Waals surface area (Å²) >= 11 is 1.40. The van der Waals surface area contributed by atoms with E-state index in [0.29, 0.717) is 43.6 Å². The van der Waals surface area contributed by atoms with Crippen LogP contribution in [0.3, 0.4) is 0 Å². The minimum absolute atomic E-state index is 0.0258. The summed E-state index contributed by atoms with van der Waals surface area (Å²) in [5.41, 5.74) is 2.50. The Morgan fingerprint density at radius 1 is 1.12 bits per heavy atom. The van der Waals surface area contributed by atoms with E-state index in [0.717, 1.165) is 10.6 Å². The Labute approximate surface area is 190 Å². The summed E-state index contributed by atoms with van der Waals surface area (Å²) in [6.45, 7) is 2.60. The van der Waals surface area contributed by atoms with Crippen LogP contribution in [0.2, 0.25) is 0 Å². The normalized spacial score (nSPS) is 21.5. The Bertz CT molecular complexity index is 1000. The Hall–Kier alpha value is -3.20. The molecule has 1 aromatic heterocycles. The van der Waals surface area contributed by atoms with E-state index in [9.17, 15) is 19.2 Å². The van der Waals surface area contributed by atoms with Crippen LogP contribution in [-0.4, -0.2) is 52.3 Å². The fraction of sp³-hybridized carbons (Fsp3) is 0.391. The van der Waals surface area contributed by atoms with Crippen molar-refractivity contribution in [2.45, 2.75) is 38.1 Å². The largest absolute Gasteiger partial charge is 0.344 e. The number of benzene rings is 1. The number of nitrogens with zero attached hydrogens (tertiary/aromatic N) is 2. The molecule has 0 saturated carbocycles. The van der Waals surface area contributed by atoms with Crippen LogP contribution in [0.25, 0.3) is 0 Å². The number of aryl methyl sites for hydroxylation is 1. The van der Waals surface area contributed by atoms with Crippen LogP contribution in [0, 0.1) is 5.92 Å². The highest BCUT2D eigenvalue weighted by atomic mass is 32.1. The molecular weight excluding hydrogens is 428 g/mol. The zero-order chi connectivity index (χ0) is 22.7. The van der Waals surface area contributed by atoms with Crippen molar-refractivity contribution in [1.29, 1.82) is 0 Å². The van der Waals surface area contributed by atoms with Crippen LogP contribution in [0.4, 0.5) is 4.79 Å². The van der Waals surface area contributed by atoms with Gasteiger partial charge in [-0.1, -0.05) is 36.4 Å². The molecule has 8 nitrogen and oxygen atoms in total. The highest BCUT2D eigenvalue weighted by Gasteiger charge is 2.48. The summed E-state index contributed by atoms with van der Waals surface area (Å²) in [6, 6.07) is 12.7. The lowest BCUT2D eigenvalue weighted by Crippen LogP contribution is -2.52. The van der Waals surface area contributed by atoms with E-state index in [1.54, 1.807) is 17.9 Å². The topological polar surface area (TPSA) is 98.8 Å². The molecule has 2 aliphatic rings. The number of hydrazine groups is 1. The predicted molar refractivity (Wildman–Crippen MR) is 120 cm³/mol.